The monoisotopic (exact) mass is 128 g/mol. The lowest BCUT2D eigenvalue weighted by molar-refractivity contribution is 0.897. The first-order valence-electron chi connectivity index (χ1n) is 3.07. The molecule has 0 saturated heterocycles. The highest BCUT2D eigenvalue weighted by atomic mass is 32.1. The molecule has 0 aromatic rings. The molecule has 0 radical (unpaired) electrons. The van der Waals surface area contributed by atoms with Crippen molar-refractivity contribution in [3.05, 3.63) is 11.0 Å². The first-order valence-corrected chi connectivity index (χ1v) is 3.52. The van der Waals surface area contributed by atoms with Crippen molar-refractivity contribution in [1.29, 1.82) is 0 Å². The zero-order chi connectivity index (χ0) is 6.15. The van der Waals surface area contributed by atoms with E-state index in [1.807, 2.05) is 6.92 Å². The Hall–Kier alpha value is 0.0900. The molecule has 2 atom stereocenters. The SMILES string of the molecule is C/C(S)=C/C1CC1C. The van der Waals surface area contributed by atoms with Gasteiger partial charge in [0.15, 0.2) is 0 Å². The lowest BCUT2D eigenvalue weighted by atomic mass is 10.3. The van der Waals surface area contributed by atoms with E-state index in [1.165, 1.54) is 11.3 Å². The van der Waals surface area contributed by atoms with Gasteiger partial charge in [0.2, 0.25) is 0 Å². The van der Waals surface area contributed by atoms with Crippen molar-refractivity contribution in [2.75, 3.05) is 0 Å². The number of hydrogen-bond acceptors (Lipinski definition) is 1. The molecule has 0 heterocycles. The zero-order valence-corrected chi connectivity index (χ0v) is 6.28. The van der Waals surface area contributed by atoms with Crippen LogP contribution in [-0.2, 0) is 0 Å². The second-order valence-electron chi connectivity index (χ2n) is 2.68. The summed E-state index contributed by atoms with van der Waals surface area (Å²) >= 11 is 4.18. The van der Waals surface area contributed by atoms with Gasteiger partial charge in [0, 0.05) is 0 Å². The average Bonchev–Trinajstić information content (AvgIpc) is 2.17. The van der Waals surface area contributed by atoms with E-state index in [9.17, 15) is 0 Å². The Bertz CT molecular complexity index is 112. The van der Waals surface area contributed by atoms with Gasteiger partial charge in [-0.3, -0.25) is 0 Å². The van der Waals surface area contributed by atoms with Crippen molar-refractivity contribution in [2.24, 2.45) is 11.8 Å². The molecule has 8 heavy (non-hydrogen) atoms. The molecule has 2 unspecified atom stereocenters. The van der Waals surface area contributed by atoms with Gasteiger partial charge >= 0.3 is 0 Å². The Morgan fingerprint density at radius 1 is 1.75 bits per heavy atom. The van der Waals surface area contributed by atoms with E-state index in [0.29, 0.717) is 0 Å². The smallest absolute Gasteiger partial charge is 0.0194 e. The molecule has 0 spiro atoms. The first-order chi connectivity index (χ1) is 3.70. The highest BCUT2D eigenvalue weighted by molar-refractivity contribution is 7.84. The molecule has 0 aromatic carbocycles. The van der Waals surface area contributed by atoms with Crippen LogP contribution in [0.2, 0.25) is 0 Å². The van der Waals surface area contributed by atoms with Gasteiger partial charge in [0.1, 0.15) is 0 Å². The zero-order valence-electron chi connectivity index (χ0n) is 5.39. The summed E-state index contributed by atoms with van der Waals surface area (Å²) in [6.45, 7) is 4.31. The topological polar surface area (TPSA) is 0 Å². The molecule has 0 N–H and O–H groups in total. The van der Waals surface area contributed by atoms with Crippen LogP contribution in [-0.4, -0.2) is 0 Å². The maximum absolute atomic E-state index is 4.18. The Labute approximate surface area is 56.4 Å². The van der Waals surface area contributed by atoms with Gasteiger partial charge in [0.05, 0.1) is 0 Å². The molecule has 1 saturated carbocycles. The lowest BCUT2D eigenvalue weighted by Crippen LogP contribution is -1.68. The van der Waals surface area contributed by atoms with Crippen molar-refractivity contribution < 1.29 is 0 Å². The lowest BCUT2D eigenvalue weighted by Gasteiger charge is -1.84. The molecular weight excluding hydrogens is 116 g/mol. The third kappa shape index (κ3) is 1.55. The van der Waals surface area contributed by atoms with E-state index in [0.717, 1.165) is 11.8 Å². The van der Waals surface area contributed by atoms with Gasteiger partial charge in [-0.15, -0.1) is 12.6 Å². The summed E-state index contributed by atoms with van der Waals surface area (Å²) in [4.78, 5) is 1.17. The molecule has 0 aliphatic heterocycles. The van der Waals surface area contributed by atoms with Crippen LogP contribution in [0.25, 0.3) is 0 Å². The summed E-state index contributed by atoms with van der Waals surface area (Å²) in [6, 6.07) is 0. The average molecular weight is 128 g/mol. The van der Waals surface area contributed by atoms with Crippen LogP contribution in [0, 0.1) is 11.8 Å². The van der Waals surface area contributed by atoms with Gasteiger partial charge in [-0.25, -0.2) is 0 Å². The normalized spacial score (nSPS) is 37.6. The Kier molecular flexibility index (Phi) is 1.66. The summed E-state index contributed by atoms with van der Waals surface area (Å²) in [5.41, 5.74) is 0. The van der Waals surface area contributed by atoms with Crippen LogP contribution in [0.15, 0.2) is 11.0 Å². The predicted molar refractivity (Wildman–Crippen MR) is 40.0 cm³/mol. The number of rotatable bonds is 1. The summed E-state index contributed by atoms with van der Waals surface area (Å²) in [6.07, 6.45) is 3.62. The number of hydrogen-bond donors (Lipinski definition) is 1. The standard InChI is InChI=1S/C7H12S/c1-5-3-7(5)4-6(2)8/h4-5,7-8H,3H2,1-2H3/b6-4-. The third-order valence-electron chi connectivity index (χ3n) is 1.63. The maximum atomic E-state index is 4.18. The highest BCUT2D eigenvalue weighted by Crippen LogP contribution is 2.39. The predicted octanol–water partition coefficient (Wildman–Crippen LogP) is 2.48. The molecule has 1 heteroatoms. The fraction of sp³-hybridized carbons (Fsp3) is 0.714. The van der Waals surface area contributed by atoms with Gasteiger partial charge in [-0.05, 0) is 30.1 Å². The van der Waals surface area contributed by atoms with Gasteiger partial charge in [-0.1, -0.05) is 13.0 Å². The Morgan fingerprint density at radius 2 is 2.25 bits per heavy atom. The summed E-state index contributed by atoms with van der Waals surface area (Å²) in [5, 5.41) is 0. The van der Waals surface area contributed by atoms with Crippen molar-refractivity contribution >= 4 is 12.6 Å². The van der Waals surface area contributed by atoms with Crippen LogP contribution in [0.5, 0.6) is 0 Å². The highest BCUT2D eigenvalue weighted by Gasteiger charge is 2.29. The van der Waals surface area contributed by atoms with E-state index in [4.69, 9.17) is 0 Å². The van der Waals surface area contributed by atoms with E-state index >= 15 is 0 Å². The molecule has 1 aliphatic carbocycles. The number of thiol groups is 1. The van der Waals surface area contributed by atoms with Crippen LogP contribution in [0.1, 0.15) is 20.3 Å². The molecule has 1 fully saturated rings. The maximum Gasteiger partial charge on any atom is -0.0194 e. The van der Waals surface area contributed by atoms with Crippen molar-refractivity contribution in [1.82, 2.24) is 0 Å². The minimum Gasteiger partial charge on any atom is -0.149 e. The van der Waals surface area contributed by atoms with Gasteiger partial charge in [-0.2, -0.15) is 0 Å². The molecule has 0 amide bonds. The Balaban J connectivity index is 2.32. The summed E-state index contributed by atoms with van der Waals surface area (Å²) in [7, 11) is 0. The van der Waals surface area contributed by atoms with Crippen LogP contribution in [0.3, 0.4) is 0 Å². The van der Waals surface area contributed by atoms with Crippen molar-refractivity contribution in [2.45, 2.75) is 20.3 Å². The molecular formula is C7H12S. The van der Waals surface area contributed by atoms with Crippen molar-refractivity contribution in [3.8, 4) is 0 Å². The van der Waals surface area contributed by atoms with E-state index in [2.05, 4.69) is 25.6 Å². The van der Waals surface area contributed by atoms with E-state index in [-0.39, 0.29) is 0 Å². The fourth-order valence-electron chi connectivity index (χ4n) is 0.893. The molecule has 0 nitrogen and oxygen atoms in total. The fourth-order valence-corrected chi connectivity index (χ4v) is 1.08. The minimum atomic E-state index is 0.854. The summed E-state index contributed by atoms with van der Waals surface area (Å²) in [5.74, 6) is 1.78. The van der Waals surface area contributed by atoms with E-state index in [1.54, 1.807) is 0 Å². The minimum absolute atomic E-state index is 0.854. The van der Waals surface area contributed by atoms with E-state index < -0.39 is 0 Å². The number of allylic oxidation sites excluding steroid dienone is 2. The largest absolute Gasteiger partial charge is 0.149 e. The molecule has 46 valence electrons. The van der Waals surface area contributed by atoms with Crippen molar-refractivity contribution in [3.63, 3.8) is 0 Å². The second-order valence-corrected chi connectivity index (χ2v) is 3.39. The third-order valence-corrected chi connectivity index (χ3v) is 1.78. The quantitative estimate of drug-likeness (QED) is 0.515. The first kappa shape index (κ1) is 6.21. The van der Waals surface area contributed by atoms with Crippen LogP contribution < -0.4 is 0 Å². The van der Waals surface area contributed by atoms with Crippen LogP contribution in [0.4, 0.5) is 0 Å². The second kappa shape index (κ2) is 2.14. The Morgan fingerprint density at radius 3 is 2.38 bits per heavy atom. The van der Waals surface area contributed by atoms with Gasteiger partial charge in [0.25, 0.3) is 0 Å². The van der Waals surface area contributed by atoms with Gasteiger partial charge < -0.3 is 0 Å². The summed E-state index contributed by atoms with van der Waals surface area (Å²) < 4.78 is 0. The molecule has 0 bridgehead atoms. The molecule has 1 rings (SSSR count). The molecule has 1 aliphatic rings. The van der Waals surface area contributed by atoms with Crippen LogP contribution >= 0.6 is 12.6 Å². The molecule has 0 aromatic heterocycles.